The smallest absolute Gasteiger partial charge is 0.340 e. The maximum absolute atomic E-state index is 12.6. The largest absolute Gasteiger partial charge is 0.462 e. The van der Waals surface area contributed by atoms with Crippen molar-refractivity contribution >= 4 is 29.2 Å². The van der Waals surface area contributed by atoms with Crippen LogP contribution in [0, 0.1) is 0 Å². The number of benzene rings is 3. The van der Waals surface area contributed by atoms with Gasteiger partial charge in [-0.15, -0.1) is 0 Å². The number of para-hydroxylation sites is 1. The zero-order chi connectivity index (χ0) is 21.3. The maximum atomic E-state index is 12.6. The molecule has 0 atom stereocenters. The molecule has 0 aromatic heterocycles. The molecule has 3 aromatic rings. The van der Waals surface area contributed by atoms with E-state index >= 15 is 0 Å². The van der Waals surface area contributed by atoms with Gasteiger partial charge in [0.25, 0.3) is 5.91 Å². The number of carbonyl (C=O) groups excluding carboxylic acids is 3. The summed E-state index contributed by atoms with van der Waals surface area (Å²) in [7, 11) is 0. The monoisotopic (exact) mass is 402 g/mol. The Bertz CT molecular complexity index is 1030. The van der Waals surface area contributed by atoms with Gasteiger partial charge in [0.05, 0.1) is 24.3 Å². The molecular formula is C24H22N2O4. The van der Waals surface area contributed by atoms with Crippen LogP contribution in [0.15, 0.2) is 78.9 Å². The van der Waals surface area contributed by atoms with Crippen LogP contribution in [0.25, 0.3) is 0 Å². The minimum atomic E-state index is -0.495. The van der Waals surface area contributed by atoms with Gasteiger partial charge in [0.2, 0.25) is 5.91 Å². The number of hydrogen-bond acceptors (Lipinski definition) is 4. The molecular weight excluding hydrogens is 380 g/mol. The summed E-state index contributed by atoms with van der Waals surface area (Å²) in [6.45, 7) is 1.97. The van der Waals surface area contributed by atoms with Gasteiger partial charge in [-0.2, -0.15) is 0 Å². The van der Waals surface area contributed by atoms with Crippen LogP contribution in [-0.2, 0) is 16.0 Å². The van der Waals surface area contributed by atoms with Crippen molar-refractivity contribution in [2.24, 2.45) is 0 Å². The average molecular weight is 402 g/mol. The number of rotatable bonds is 7. The molecule has 2 amide bonds. The zero-order valence-electron chi connectivity index (χ0n) is 16.6. The summed E-state index contributed by atoms with van der Waals surface area (Å²) in [5.41, 5.74) is 2.58. The second-order valence-corrected chi connectivity index (χ2v) is 6.51. The van der Waals surface area contributed by atoms with Crippen LogP contribution in [0.2, 0.25) is 0 Å². The highest BCUT2D eigenvalue weighted by atomic mass is 16.5. The Labute approximate surface area is 174 Å². The number of anilines is 2. The molecule has 0 saturated carbocycles. The van der Waals surface area contributed by atoms with Crippen molar-refractivity contribution in [1.29, 1.82) is 0 Å². The first-order valence-corrected chi connectivity index (χ1v) is 9.58. The van der Waals surface area contributed by atoms with Crippen molar-refractivity contribution in [3.8, 4) is 0 Å². The van der Waals surface area contributed by atoms with Gasteiger partial charge in [-0.25, -0.2) is 4.79 Å². The molecule has 0 aliphatic rings. The van der Waals surface area contributed by atoms with Gasteiger partial charge in [0, 0.05) is 11.3 Å². The van der Waals surface area contributed by atoms with E-state index in [0.717, 1.165) is 5.56 Å². The molecule has 6 nitrogen and oxygen atoms in total. The molecule has 0 saturated heterocycles. The van der Waals surface area contributed by atoms with E-state index in [9.17, 15) is 14.4 Å². The molecule has 2 N–H and O–H groups in total. The van der Waals surface area contributed by atoms with E-state index in [2.05, 4.69) is 10.6 Å². The molecule has 152 valence electrons. The Morgan fingerprint density at radius 2 is 1.47 bits per heavy atom. The normalized spacial score (nSPS) is 10.2. The van der Waals surface area contributed by atoms with E-state index in [4.69, 9.17) is 4.74 Å². The Hall–Kier alpha value is -3.93. The van der Waals surface area contributed by atoms with Gasteiger partial charge >= 0.3 is 5.97 Å². The number of hydrogen-bond donors (Lipinski definition) is 2. The molecule has 6 heteroatoms. The van der Waals surface area contributed by atoms with E-state index in [1.165, 1.54) is 0 Å². The highest BCUT2D eigenvalue weighted by molar-refractivity contribution is 6.08. The molecule has 0 spiro atoms. The Kier molecular flexibility index (Phi) is 6.95. The summed E-state index contributed by atoms with van der Waals surface area (Å²) in [5.74, 6) is -0.999. The number of amides is 2. The van der Waals surface area contributed by atoms with Crippen LogP contribution >= 0.6 is 0 Å². The molecule has 0 fully saturated rings. The van der Waals surface area contributed by atoms with Crippen molar-refractivity contribution in [3.05, 3.63) is 95.6 Å². The van der Waals surface area contributed by atoms with Crippen LogP contribution in [0.3, 0.4) is 0 Å². The van der Waals surface area contributed by atoms with Crippen molar-refractivity contribution in [3.63, 3.8) is 0 Å². The number of esters is 1. The van der Waals surface area contributed by atoms with Crippen molar-refractivity contribution in [2.75, 3.05) is 17.2 Å². The van der Waals surface area contributed by atoms with Gasteiger partial charge in [-0.05, 0) is 48.9 Å². The van der Waals surface area contributed by atoms with E-state index in [1.54, 1.807) is 55.5 Å². The third kappa shape index (κ3) is 5.54. The fraction of sp³-hybridized carbons (Fsp3) is 0.125. The van der Waals surface area contributed by atoms with E-state index < -0.39 is 5.97 Å². The molecule has 0 unspecified atom stereocenters. The summed E-state index contributed by atoms with van der Waals surface area (Å²) in [6.07, 6.45) is 0.272. The molecule has 0 aliphatic carbocycles. The minimum Gasteiger partial charge on any atom is -0.462 e. The van der Waals surface area contributed by atoms with Gasteiger partial charge in [0.1, 0.15) is 0 Å². The number of carbonyl (C=O) groups is 3. The lowest BCUT2D eigenvalue weighted by atomic mass is 10.1. The lowest BCUT2D eigenvalue weighted by Gasteiger charge is -2.11. The lowest BCUT2D eigenvalue weighted by Crippen LogP contribution is -2.16. The van der Waals surface area contributed by atoms with Gasteiger partial charge < -0.3 is 15.4 Å². The van der Waals surface area contributed by atoms with Crippen molar-refractivity contribution < 1.29 is 19.1 Å². The minimum absolute atomic E-state index is 0.137. The quantitative estimate of drug-likeness (QED) is 0.577. The van der Waals surface area contributed by atoms with Crippen molar-refractivity contribution in [2.45, 2.75) is 13.3 Å². The highest BCUT2D eigenvalue weighted by Gasteiger charge is 2.15. The number of ether oxygens (including phenoxy) is 1. The van der Waals surface area contributed by atoms with Crippen molar-refractivity contribution in [1.82, 2.24) is 0 Å². The van der Waals surface area contributed by atoms with Crippen LogP contribution < -0.4 is 10.6 Å². The molecule has 0 aliphatic heterocycles. The second kappa shape index (κ2) is 10.0. The van der Waals surface area contributed by atoms with Crippen LogP contribution in [0.4, 0.5) is 11.4 Å². The molecule has 3 rings (SSSR count). The first-order chi connectivity index (χ1) is 14.6. The first kappa shape index (κ1) is 20.8. The van der Waals surface area contributed by atoms with E-state index in [0.29, 0.717) is 16.9 Å². The zero-order valence-corrected chi connectivity index (χ0v) is 16.6. The summed E-state index contributed by atoms with van der Waals surface area (Å²) in [4.78, 5) is 36.8. The molecule has 0 radical (unpaired) electrons. The summed E-state index contributed by atoms with van der Waals surface area (Å²) in [6, 6.07) is 22.7. The summed E-state index contributed by atoms with van der Waals surface area (Å²) >= 11 is 0. The van der Waals surface area contributed by atoms with E-state index in [1.807, 2.05) is 30.3 Å². The molecule has 0 bridgehead atoms. The van der Waals surface area contributed by atoms with Gasteiger partial charge in [-0.3, -0.25) is 9.59 Å². The van der Waals surface area contributed by atoms with Gasteiger partial charge in [0.15, 0.2) is 0 Å². The number of nitrogens with one attached hydrogen (secondary N) is 2. The second-order valence-electron chi connectivity index (χ2n) is 6.51. The van der Waals surface area contributed by atoms with Crippen LogP contribution in [0.5, 0.6) is 0 Å². The Morgan fingerprint density at radius 3 is 2.17 bits per heavy atom. The van der Waals surface area contributed by atoms with E-state index in [-0.39, 0.29) is 30.4 Å². The van der Waals surface area contributed by atoms with Crippen LogP contribution in [-0.4, -0.2) is 24.4 Å². The Balaban J connectivity index is 1.63. The molecule has 3 aromatic carbocycles. The molecule has 30 heavy (non-hydrogen) atoms. The Morgan fingerprint density at radius 1 is 0.800 bits per heavy atom. The third-order valence-electron chi connectivity index (χ3n) is 4.31. The van der Waals surface area contributed by atoms with Crippen LogP contribution in [0.1, 0.15) is 33.2 Å². The third-order valence-corrected chi connectivity index (χ3v) is 4.31. The fourth-order valence-corrected chi connectivity index (χ4v) is 2.86. The highest BCUT2D eigenvalue weighted by Crippen LogP contribution is 2.18. The lowest BCUT2D eigenvalue weighted by molar-refractivity contribution is -0.115. The SMILES string of the molecule is CCOC(=O)c1ccccc1NC(=O)c1ccc(NC(=O)Cc2ccccc2)cc1. The summed E-state index contributed by atoms with van der Waals surface area (Å²) < 4.78 is 5.02. The maximum Gasteiger partial charge on any atom is 0.340 e. The topological polar surface area (TPSA) is 84.5 Å². The predicted octanol–water partition coefficient (Wildman–Crippen LogP) is 4.30. The molecule has 0 heterocycles. The van der Waals surface area contributed by atoms with Gasteiger partial charge in [-0.1, -0.05) is 42.5 Å². The first-order valence-electron chi connectivity index (χ1n) is 9.58. The average Bonchev–Trinajstić information content (AvgIpc) is 2.75. The summed E-state index contributed by atoms with van der Waals surface area (Å²) in [5, 5.41) is 5.54. The fourth-order valence-electron chi connectivity index (χ4n) is 2.86. The standard InChI is InChI=1S/C24H22N2O4/c1-2-30-24(29)20-10-6-7-11-21(20)26-23(28)18-12-14-19(15-13-18)25-22(27)16-17-8-4-3-5-9-17/h3-15H,2,16H2,1H3,(H,25,27)(H,26,28). The predicted molar refractivity (Wildman–Crippen MR) is 116 cm³/mol.